The van der Waals surface area contributed by atoms with Crippen molar-refractivity contribution in [1.29, 1.82) is 0 Å². The van der Waals surface area contributed by atoms with Crippen molar-refractivity contribution in [3.63, 3.8) is 0 Å². The quantitative estimate of drug-likeness (QED) is 0.127. The number of piperidine rings is 2. The van der Waals surface area contributed by atoms with Crippen molar-refractivity contribution in [1.82, 2.24) is 25.4 Å². The summed E-state index contributed by atoms with van der Waals surface area (Å²) >= 11 is 0. The summed E-state index contributed by atoms with van der Waals surface area (Å²) in [7, 11) is 2.98. The summed E-state index contributed by atoms with van der Waals surface area (Å²) in [5, 5.41) is 10.6. The summed E-state index contributed by atoms with van der Waals surface area (Å²) in [6.45, 7) is 8.55. The Morgan fingerprint density at radius 1 is 0.844 bits per heavy atom. The van der Waals surface area contributed by atoms with Gasteiger partial charge >= 0.3 is 6.18 Å². The van der Waals surface area contributed by atoms with Crippen molar-refractivity contribution >= 4 is 63.8 Å². The summed E-state index contributed by atoms with van der Waals surface area (Å²) in [4.78, 5) is 75.6. The van der Waals surface area contributed by atoms with Gasteiger partial charge in [-0.05, 0) is 81.5 Å². The summed E-state index contributed by atoms with van der Waals surface area (Å²) in [5.41, 5.74) is 1.97. The number of para-hydroxylation sites is 1. The van der Waals surface area contributed by atoms with Gasteiger partial charge in [0, 0.05) is 88.0 Å². The van der Waals surface area contributed by atoms with Crippen LogP contribution in [0.2, 0.25) is 0 Å². The number of methoxy groups -OCH3 is 1. The van der Waals surface area contributed by atoms with Crippen molar-refractivity contribution in [3.8, 4) is 5.75 Å². The number of carbonyl (C=O) groups excluding carboxylic acids is 5. The number of nitrogens with zero attached hydrogens (tertiary/aromatic N) is 5. The molecule has 4 N–H and O–H groups in total. The number of hydrogen-bond donors (Lipinski definition) is 4. The number of amides is 5. The highest BCUT2D eigenvalue weighted by Gasteiger charge is 2.45. The fourth-order valence-electron chi connectivity index (χ4n) is 9.49. The average Bonchev–Trinajstić information content (AvgIpc) is 3.51. The van der Waals surface area contributed by atoms with Crippen LogP contribution in [0.4, 0.5) is 47.4 Å². The first kappa shape index (κ1) is 43.9. The van der Waals surface area contributed by atoms with Crippen molar-refractivity contribution in [2.24, 2.45) is 5.92 Å². The zero-order valence-corrected chi connectivity index (χ0v) is 35.9. The van der Waals surface area contributed by atoms with Crippen LogP contribution < -0.4 is 35.8 Å². The number of carbonyl (C=O) groups is 5. The Bertz CT molecular complexity index is 2480. The van der Waals surface area contributed by atoms with Crippen molar-refractivity contribution in [2.75, 3.05) is 67.3 Å². The number of halogens is 3. The Kier molecular flexibility index (Phi) is 12.2. The van der Waals surface area contributed by atoms with Gasteiger partial charge in [0.1, 0.15) is 17.6 Å². The third kappa shape index (κ3) is 8.78. The number of nitrogens with one attached hydrogen (secondary N) is 4. The third-order valence-electron chi connectivity index (χ3n) is 12.5. The van der Waals surface area contributed by atoms with Crippen LogP contribution >= 0.6 is 0 Å². The van der Waals surface area contributed by atoms with Crippen molar-refractivity contribution in [2.45, 2.75) is 63.8 Å². The zero-order valence-electron chi connectivity index (χ0n) is 35.9. The number of benzene rings is 3. The van der Waals surface area contributed by atoms with Crippen LogP contribution in [-0.2, 0) is 15.8 Å². The van der Waals surface area contributed by atoms with Gasteiger partial charge in [0.2, 0.25) is 11.8 Å². The Morgan fingerprint density at radius 2 is 1.55 bits per heavy atom. The molecule has 0 radical (unpaired) electrons. The van der Waals surface area contributed by atoms with Crippen LogP contribution in [0.5, 0.6) is 5.75 Å². The fourth-order valence-corrected chi connectivity index (χ4v) is 9.49. The maximum absolute atomic E-state index is 14.1. The SMILES string of the molecule is CNC(=O)c1ccccc1Nc1cc(Nc2ccc(N3CCC(CN4CC(C)N(c5ccc6c(c5)C(=O)N(C5CCC(=O)NC5=O)C6=O)C(C)C4)CC3)cc2OC)ncc1C(F)(F)F. The second-order valence-corrected chi connectivity index (χ2v) is 16.8. The molecule has 5 amide bonds. The molecule has 5 heterocycles. The predicted octanol–water partition coefficient (Wildman–Crippen LogP) is 6.17. The van der Waals surface area contributed by atoms with Crippen LogP contribution in [0.1, 0.15) is 76.2 Å². The predicted molar refractivity (Wildman–Crippen MR) is 235 cm³/mol. The van der Waals surface area contributed by atoms with E-state index in [9.17, 15) is 37.1 Å². The Labute approximate surface area is 368 Å². The first-order valence-corrected chi connectivity index (χ1v) is 21.3. The third-order valence-corrected chi connectivity index (χ3v) is 12.5. The minimum atomic E-state index is -4.71. The van der Waals surface area contributed by atoms with Crippen LogP contribution in [0.25, 0.3) is 0 Å². The molecule has 4 aromatic rings. The molecule has 0 bridgehead atoms. The Hall–Kier alpha value is -6.69. The van der Waals surface area contributed by atoms with E-state index in [4.69, 9.17) is 4.74 Å². The van der Waals surface area contributed by atoms with Gasteiger partial charge in [0.25, 0.3) is 17.7 Å². The van der Waals surface area contributed by atoms with E-state index in [1.54, 1.807) is 24.3 Å². The molecule has 64 heavy (non-hydrogen) atoms. The summed E-state index contributed by atoms with van der Waals surface area (Å²) in [6.07, 6.45) is -1.84. The van der Waals surface area contributed by atoms with Gasteiger partial charge in [-0.15, -0.1) is 0 Å². The number of anilines is 6. The fraction of sp³-hybridized carbons (Fsp3) is 0.391. The minimum absolute atomic E-state index is 0.0637. The van der Waals surface area contributed by atoms with Gasteiger partial charge in [-0.25, -0.2) is 4.98 Å². The summed E-state index contributed by atoms with van der Waals surface area (Å²) in [5.74, 6) is -1.43. The Balaban J connectivity index is 0.876. The molecule has 3 aromatic carbocycles. The van der Waals surface area contributed by atoms with E-state index < -0.39 is 47.3 Å². The monoisotopic (exact) mass is 881 g/mol. The van der Waals surface area contributed by atoms with Gasteiger partial charge in [-0.2, -0.15) is 13.2 Å². The number of pyridine rings is 1. The van der Waals surface area contributed by atoms with Gasteiger partial charge in [0.05, 0.1) is 46.4 Å². The lowest BCUT2D eigenvalue weighted by molar-refractivity contribution is -0.137. The lowest BCUT2D eigenvalue weighted by Gasteiger charge is -2.47. The van der Waals surface area contributed by atoms with Crippen LogP contribution in [0.3, 0.4) is 0 Å². The largest absolute Gasteiger partial charge is 0.494 e. The van der Waals surface area contributed by atoms with Crippen molar-refractivity contribution < 1.29 is 41.9 Å². The lowest BCUT2D eigenvalue weighted by Crippen LogP contribution is -2.58. The highest BCUT2D eigenvalue weighted by molar-refractivity contribution is 6.23. The first-order chi connectivity index (χ1) is 30.6. The molecule has 15 nitrogen and oxygen atoms in total. The number of imide groups is 2. The molecular weight excluding hydrogens is 832 g/mol. The van der Waals surface area contributed by atoms with Crippen LogP contribution in [0.15, 0.2) is 72.9 Å². The van der Waals surface area contributed by atoms with E-state index in [-0.39, 0.29) is 58.8 Å². The van der Waals surface area contributed by atoms with E-state index in [2.05, 4.69) is 54.8 Å². The molecule has 336 valence electrons. The highest BCUT2D eigenvalue weighted by atomic mass is 19.4. The summed E-state index contributed by atoms with van der Waals surface area (Å²) in [6, 6.07) is 17.7. The van der Waals surface area contributed by atoms with Gasteiger partial charge in [0.15, 0.2) is 0 Å². The smallest absolute Gasteiger partial charge is 0.419 e. The zero-order chi connectivity index (χ0) is 45.4. The van der Waals surface area contributed by atoms with Crippen LogP contribution in [0, 0.1) is 5.92 Å². The molecule has 1 aromatic heterocycles. The molecule has 4 aliphatic heterocycles. The molecule has 3 saturated heterocycles. The van der Waals surface area contributed by atoms with E-state index in [0.29, 0.717) is 17.4 Å². The molecule has 3 fully saturated rings. The van der Waals surface area contributed by atoms with Gasteiger partial charge < -0.3 is 30.5 Å². The number of rotatable bonds is 11. The van der Waals surface area contributed by atoms with E-state index in [1.165, 1.54) is 32.4 Å². The average molecular weight is 882 g/mol. The number of alkyl halides is 3. The number of hydrogen-bond acceptors (Lipinski definition) is 12. The van der Waals surface area contributed by atoms with E-state index in [1.807, 2.05) is 24.3 Å². The Morgan fingerprint density at radius 3 is 2.23 bits per heavy atom. The molecule has 8 rings (SSSR count). The van der Waals surface area contributed by atoms with E-state index in [0.717, 1.165) is 68.0 Å². The number of aromatic nitrogens is 1. The molecule has 4 aliphatic rings. The molecule has 3 atom stereocenters. The number of ether oxygens (including phenoxy) is 1. The number of fused-ring (bicyclic) bond motifs is 1. The number of piperazine rings is 1. The minimum Gasteiger partial charge on any atom is -0.494 e. The molecule has 18 heteroatoms. The van der Waals surface area contributed by atoms with Gasteiger partial charge in [-0.3, -0.25) is 39.1 Å². The second kappa shape index (κ2) is 17.8. The lowest BCUT2D eigenvalue weighted by atomic mass is 9.94. The van der Waals surface area contributed by atoms with Crippen LogP contribution in [-0.4, -0.2) is 109 Å². The molecule has 0 aliphatic carbocycles. The maximum atomic E-state index is 14.1. The second-order valence-electron chi connectivity index (χ2n) is 16.8. The van der Waals surface area contributed by atoms with Gasteiger partial charge in [-0.1, -0.05) is 12.1 Å². The first-order valence-electron chi connectivity index (χ1n) is 21.3. The standard InChI is InChI=1S/C46H50F3N9O6/c1-26-23-55(24-27(2)57(26)30-9-11-31-33(19-30)45(63)58(44(31)62)38-13-14-41(59)54-43(38)61)25-28-15-17-56(18-16-28)29-10-12-36(39(20-29)64-4)53-40-21-37(34(22-51-40)46(47,48)49)52-35-8-6-5-7-32(35)42(60)50-3/h5-12,19-22,26-28,38H,13-18,23-25H2,1-4H3,(H,50,60)(H2,51,52,53)(H,54,59,61). The van der Waals surface area contributed by atoms with E-state index >= 15 is 0 Å². The molecule has 3 unspecified atom stereocenters. The summed E-state index contributed by atoms with van der Waals surface area (Å²) < 4.78 is 48.0. The molecule has 0 spiro atoms. The maximum Gasteiger partial charge on any atom is 0.419 e. The molecular formula is C46H50F3N9O6. The molecule has 0 saturated carbocycles. The topological polar surface area (TPSA) is 169 Å². The van der Waals surface area contributed by atoms with Crippen molar-refractivity contribution in [3.05, 3.63) is 95.2 Å². The highest BCUT2D eigenvalue weighted by Crippen LogP contribution is 2.40. The normalized spacial score (nSPS) is 20.9.